The van der Waals surface area contributed by atoms with Crippen LogP contribution in [0.2, 0.25) is 0 Å². The van der Waals surface area contributed by atoms with Gasteiger partial charge in [-0.3, -0.25) is 4.79 Å². The number of ketones is 1. The third kappa shape index (κ3) is 2.07. The first kappa shape index (κ1) is 10.7. The largest absolute Gasteiger partial charge is 0.497 e. The van der Waals surface area contributed by atoms with Gasteiger partial charge >= 0.3 is 0 Å². The number of rotatable bonds is 1. The second-order valence-corrected chi connectivity index (χ2v) is 4.84. The van der Waals surface area contributed by atoms with Gasteiger partial charge in [0.1, 0.15) is 5.75 Å². The fraction of sp³-hybridized carbons (Fsp3) is 0.417. The smallest absolute Gasteiger partial charge is 0.163 e. The predicted octanol–water partition coefficient (Wildman–Crippen LogP) is 3.50. The van der Waals surface area contributed by atoms with E-state index < -0.39 is 0 Å². The number of alkyl halides is 1. The summed E-state index contributed by atoms with van der Waals surface area (Å²) in [6.07, 6.45) is 2.61. The molecular formula is C12H13BrO2. The maximum atomic E-state index is 11.8. The SMILES string of the molecule is COc1ccc2c(c1)[C@H](Br)CCCC2=O. The summed E-state index contributed by atoms with van der Waals surface area (Å²) in [5, 5.41) is 0. The molecule has 0 aliphatic heterocycles. The van der Waals surface area contributed by atoms with E-state index >= 15 is 0 Å². The summed E-state index contributed by atoms with van der Waals surface area (Å²) in [5.41, 5.74) is 1.91. The standard InChI is InChI=1S/C12H13BrO2/c1-15-8-5-6-9-10(7-8)11(13)3-2-4-12(9)14/h5-7,11H,2-4H2,1H3/t11-/m1/s1. The molecule has 0 aromatic heterocycles. The number of carbonyl (C=O) groups excluding carboxylic acids is 1. The van der Waals surface area contributed by atoms with Gasteiger partial charge in [-0.25, -0.2) is 0 Å². The molecule has 3 heteroatoms. The number of benzene rings is 1. The molecule has 1 aromatic carbocycles. The Balaban J connectivity index is 2.50. The van der Waals surface area contributed by atoms with Gasteiger partial charge in [-0.1, -0.05) is 15.9 Å². The van der Waals surface area contributed by atoms with Crippen LogP contribution in [0, 0.1) is 0 Å². The minimum absolute atomic E-state index is 0.245. The molecule has 1 aromatic rings. The maximum Gasteiger partial charge on any atom is 0.163 e. The number of carbonyl (C=O) groups is 1. The molecule has 15 heavy (non-hydrogen) atoms. The Morgan fingerprint density at radius 1 is 1.47 bits per heavy atom. The Bertz CT molecular complexity index is 387. The zero-order valence-electron chi connectivity index (χ0n) is 8.63. The van der Waals surface area contributed by atoms with Gasteiger partial charge < -0.3 is 4.74 Å². The molecule has 0 heterocycles. The number of hydrogen-bond donors (Lipinski definition) is 0. The summed E-state index contributed by atoms with van der Waals surface area (Å²) < 4.78 is 5.17. The molecule has 80 valence electrons. The van der Waals surface area contributed by atoms with Crippen molar-refractivity contribution in [1.29, 1.82) is 0 Å². The Kier molecular flexibility index (Phi) is 3.10. The Labute approximate surface area is 97.8 Å². The normalized spacial score (nSPS) is 20.7. The molecule has 1 atom stereocenters. The lowest BCUT2D eigenvalue weighted by Crippen LogP contribution is -2.01. The number of halogens is 1. The number of hydrogen-bond acceptors (Lipinski definition) is 2. The van der Waals surface area contributed by atoms with Gasteiger partial charge in [0.05, 0.1) is 7.11 Å². The third-order valence-corrected chi connectivity index (χ3v) is 3.71. The number of fused-ring (bicyclic) bond motifs is 1. The van der Waals surface area contributed by atoms with Crippen LogP contribution in [-0.4, -0.2) is 12.9 Å². The van der Waals surface area contributed by atoms with E-state index in [1.165, 1.54) is 0 Å². The summed E-state index contributed by atoms with van der Waals surface area (Å²) in [7, 11) is 1.64. The predicted molar refractivity (Wildman–Crippen MR) is 62.8 cm³/mol. The number of Topliss-reactive ketones (excluding diaryl/α,β-unsaturated/α-hetero) is 1. The highest BCUT2D eigenvalue weighted by molar-refractivity contribution is 9.09. The van der Waals surface area contributed by atoms with Crippen molar-refractivity contribution in [1.82, 2.24) is 0 Å². The van der Waals surface area contributed by atoms with Gasteiger partial charge in [-0.15, -0.1) is 0 Å². The third-order valence-electron chi connectivity index (χ3n) is 2.76. The number of methoxy groups -OCH3 is 1. The van der Waals surface area contributed by atoms with E-state index in [-0.39, 0.29) is 10.6 Å². The van der Waals surface area contributed by atoms with E-state index in [2.05, 4.69) is 15.9 Å². The molecule has 0 fully saturated rings. The Hall–Kier alpha value is -0.830. The van der Waals surface area contributed by atoms with Crippen molar-refractivity contribution in [2.24, 2.45) is 0 Å². The minimum atomic E-state index is 0.245. The summed E-state index contributed by atoms with van der Waals surface area (Å²) in [4.78, 5) is 12.1. The topological polar surface area (TPSA) is 26.3 Å². The van der Waals surface area contributed by atoms with Crippen molar-refractivity contribution in [3.8, 4) is 5.75 Å². The van der Waals surface area contributed by atoms with Gasteiger partial charge in [-0.2, -0.15) is 0 Å². The fourth-order valence-electron chi connectivity index (χ4n) is 1.91. The highest BCUT2D eigenvalue weighted by Crippen LogP contribution is 2.36. The average molecular weight is 269 g/mol. The van der Waals surface area contributed by atoms with E-state index in [4.69, 9.17) is 4.74 Å². The highest BCUT2D eigenvalue weighted by atomic mass is 79.9. The van der Waals surface area contributed by atoms with Crippen molar-refractivity contribution in [3.63, 3.8) is 0 Å². The summed E-state index contributed by atoms with van der Waals surface area (Å²) in [6.45, 7) is 0. The van der Waals surface area contributed by atoms with Gasteiger partial charge in [-0.05, 0) is 36.6 Å². The fourth-order valence-corrected chi connectivity index (χ4v) is 2.62. The molecule has 2 nitrogen and oxygen atoms in total. The van der Waals surface area contributed by atoms with Crippen molar-refractivity contribution >= 4 is 21.7 Å². The first-order valence-corrected chi connectivity index (χ1v) is 5.99. The van der Waals surface area contributed by atoms with E-state index in [0.717, 1.165) is 29.7 Å². The van der Waals surface area contributed by atoms with Crippen LogP contribution in [0.4, 0.5) is 0 Å². The molecule has 2 rings (SSSR count). The van der Waals surface area contributed by atoms with Crippen molar-refractivity contribution in [3.05, 3.63) is 29.3 Å². The maximum absolute atomic E-state index is 11.8. The molecule has 0 radical (unpaired) electrons. The molecule has 0 unspecified atom stereocenters. The first-order chi connectivity index (χ1) is 7.22. The van der Waals surface area contributed by atoms with Crippen LogP contribution in [-0.2, 0) is 0 Å². The summed E-state index contributed by atoms with van der Waals surface area (Å²) >= 11 is 3.62. The molecule has 0 saturated heterocycles. The zero-order chi connectivity index (χ0) is 10.8. The average Bonchev–Trinajstić information content (AvgIpc) is 2.40. The van der Waals surface area contributed by atoms with Crippen molar-refractivity contribution in [2.75, 3.05) is 7.11 Å². The van der Waals surface area contributed by atoms with Gasteiger partial charge in [0, 0.05) is 16.8 Å². The van der Waals surface area contributed by atoms with E-state index in [1.807, 2.05) is 18.2 Å². The molecule has 1 aliphatic carbocycles. The lowest BCUT2D eigenvalue weighted by molar-refractivity contribution is 0.0982. The van der Waals surface area contributed by atoms with Crippen molar-refractivity contribution < 1.29 is 9.53 Å². The van der Waals surface area contributed by atoms with E-state index in [1.54, 1.807) is 7.11 Å². The van der Waals surface area contributed by atoms with E-state index in [9.17, 15) is 4.79 Å². The molecule has 0 N–H and O–H groups in total. The van der Waals surface area contributed by atoms with Crippen molar-refractivity contribution in [2.45, 2.75) is 24.1 Å². The zero-order valence-corrected chi connectivity index (χ0v) is 10.2. The van der Waals surface area contributed by atoms with Crippen LogP contribution in [0.3, 0.4) is 0 Å². The lowest BCUT2D eigenvalue weighted by Gasteiger charge is -2.11. The van der Waals surface area contributed by atoms with Crippen LogP contribution in [0.1, 0.15) is 40.0 Å². The van der Waals surface area contributed by atoms with Gasteiger partial charge in [0.25, 0.3) is 0 Å². The summed E-state index contributed by atoms with van der Waals surface area (Å²) in [6, 6.07) is 5.68. The molecular weight excluding hydrogens is 256 g/mol. The monoisotopic (exact) mass is 268 g/mol. The molecule has 0 amide bonds. The second-order valence-electron chi connectivity index (χ2n) is 3.74. The van der Waals surface area contributed by atoms with Gasteiger partial charge in [0.2, 0.25) is 0 Å². The Morgan fingerprint density at radius 2 is 2.27 bits per heavy atom. The molecule has 0 spiro atoms. The molecule has 0 saturated carbocycles. The van der Waals surface area contributed by atoms with Crippen LogP contribution >= 0.6 is 15.9 Å². The molecule has 0 bridgehead atoms. The second kappa shape index (κ2) is 4.35. The highest BCUT2D eigenvalue weighted by Gasteiger charge is 2.21. The van der Waals surface area contributed by atoms with Crippen LogP contribution < -0.4 is 4.74 Å². The molecule has 1 aliphatic rings. The van der Waals surface area contributed by atoms with Crippen LogP contribution in [0.25, 0.3) is 0 Å². The first-order valence-electron chi connectivity index (χ1n) is 5.07. The summed E-state index contributed by atoms with van der Waals surface area (Å²) in [5.74, 6) is 1.06. The lowest BCUT2D eigenvalue weighted by atomic mass is 10.0. The number of ether oxygens (including phenoxy) is 1. The van der Waals surface area contributed by atoms with E-state index in [0.29, 0.717) is 6.42 Å². The quantitative estimate of drug-likeness (QED) is 0.576. The van der Waals surface area contributed by atoms with Crippen LogP contribution in [0.15, 0.2) is 18.2 Å². The van der Waals surface area contributed by atoms with Crippen LogP contribution in [0.5, 0.6) is 5.75 Å². The Morgan fingerprint density at radius 3 is 3.00 bits per heavy atom. The van der Waals surface area contributed by atoms with Gasteiger partial charge in [0.15, 0.2) is 5.78 Å². The minimum Gasteiger partial charge on any atom is -0.497 e.